The Balaban J connectivity index is 1.34. The highest BCUT2D eigenvalue weighted by Gasteiger charge is 2.58. The van der Waals surface area contributed by atoms with E-state index >= 15 is 0 Å². The Morgan fingerprint density at radius 2 is 1.87 bits per heavy atom. The van der Waals surface area contributed by atoms with E-state index in [2.05, 4.69) is 50.3 Å². The quantitative estimate of drug-likeness (QED) is 0.415. The lowest BCUT2D eigenvalue weighted by Crippen LogP contribution is -2.51. The molecule has 3 unspecified atom stereocenters. The molecule has 0 radical (unpaired) electrons. The predicted octanol–water partition coefficient (Wildman–Crippen LogP) is 6.14. The smallest absolute Gasteiger partial charge is 0.302 e. The maximum absolute atomic E-state index is 11.5. The number of benzene rings is 1. The van der Waals surface area contributed by atoms with Gasteiger partial charge in [-0.05, 0) is 79.4 Å². The zero-order valence-corrected chi connectivity index (χ0v) is 19.0. The fourth-order valence-electron chi connectivity index (χ4n) is 8.00. The number of hydrogen-bond acceptors (Lipinski definition) is 3. The van der Waals surface area contributed by atoms with Crippen LogP contribution in [0.5, 0.6) is 0 Å². The van der Waals surface area contributed by atoms with Gasteiger partial charge < -0.3 is 4.74 Å². The number of pyridine rings is 1. The zero-order chi connectivity index (χ0) is 21.4. The number of para-hydroxylation sites is 1. The van der Waals surface area contributed by atoms with Gasteiger partial charge in [0.15, 0.2) is 0 Å². The van der Waals surface area contributed by atoms with Gasteiger partial charge in [-0.2, -0.15) is 0 Å². The first-order valence-corrected chi connectivity index (χ1v) is 12.1. The number of esters is 1. The van der Waals surface area contributed by atoms with Crippen LogP contribution in [0.15, 0.2) is 42.0 Å². The number of rotatable bonds is 1. The number of nitrogens with zero attached hydrogens (tertiary/aromatic N) is 1. The van der Waals surface area contributed by atoms with Crippen LogP contribution in [0.3, 0.4) is 0 Å². The topological polar surface area (TPSA) is 39.2 Å². The normalized spacial score (nSPS) is 38.5. The Bertz CT molecular complexity index is 1100. The summed E-state index contributed by atoms with van der Waals surface area (Å²) in [6.07, 6.45) is 10.6. The highest BCUT2D eigenvalue weighted by atomic mass is 16.5. The molecule has 6 rings (SSSR count). The molecule has 6 atom stereocenters. The predicted molar refractivity (Wildman–Crippen MR) is 123 cm³/mol. The van der Waals surface area contributed by atoms with Crippen molar-refractivity contribution in [2.24, 2.45) is 23.2 Å². The zero-order valence-electron chi connectivity index (χ0n) is 19.0. The number of aromatic nitrogens is 1. The highest BCUT2D eigenvalue weighted by molar-refractivity contribution is 5.80. The van der Waals surface area contributed by atoms with Gasteiger partial charge in [0.25, 0.3) is 0 Å². The summed E-state index contributed by atoms with van der Waals surface area (Å²) in [4.78, 5) is 16.7. The molecule has 0 bridgehead atoms. The summed E-state index contributed by atoms with van der Waals surface area (Å²) in [7, 11) is 0. The maximum atomic E-state index is 11.5. The summed E-state index contributed by atoms with van der Waals surface area (Å²) in [5.41, 5.74) is 6.06. The van der Waals surface area contributed by atoms with E-state index in [-0.39, 0.29) is 22.9 Å². The molecule has 31 heavy (non-hydrogen) atoms. The van der Waals surface area contributed by atoms with E-state index in [9.17, 15) is 4.79 Å². The molecule has 0 spiro atoms. The van der Waals surface area contributed by atoms with E-state index in [4.69, 9.17) is 9.72 Å². The van der Waals surface area contributed by atoms with Crippen molar-refractivity contribution < 1.29 is 9.53 Å². The minimum absolute atomic E-state index is 0.0783. The third kappa shape index (κ3) is 2.78. The molecule has 0 saturated heterocycles. The van der Waals surface area contributed by atoms with Gasteiger partial charge >= 0.3 is 5.97 Å². The number of carbonyl (C=O) groups excluding carboxylic acids is 1. The molecule has 0 N–H and O–H groups in total. The minimum Gasteiger partial charge on any atom is -0.462 e. The average Bonchev–Trinajstić information content (AvgIpc) is 3.04. The SMILES string of the molecule is CC(=O)O[C@H]1CC[C@@]2(C)C(=CCC3C2CC[C@]2(C)c4nc5ccccc5cc4CC32)C1. The molecule has 2 fully saturated rings. The van der Waals surface area contributed by atoms with E-state index in [1.54, 1.807) is 5.57 Å². The summed E-state index contributed by atoms with van der Waals surface area (Å²) in [6.45, 7) is 6.55. The second-order valence-corrected chi connectivity index (χ2v) is 11.1. The van der Waals surface area contributed by atoms with Crippen molar-refractivity contribution in [3.63, 3.8) is 0 Å². The van der Waals surface area contributed by atoms with Gasteiger partial charge in [0.05, 0.1) is 11.2 Å². The summed E-state index contributed by atoms with van der Waals surface area (Å²) in [5.74, 6) is 2.02. The van der Waals surface area contributed by atoms with E-state index in [1.807, 2.05) is 0 Å². The van der Waals surface area contributed by atoms with Crippen molar-refractivity contribution in [1.82, 2.24) is 4.98 Å². The first-order valence-electron chi connectivity index (χ1n) is 12.1. The summed E-state index contributed by atoms with van der Waals surface area (Å²) < 4.78 is 5.60. The minimum atomic E-state index is -0.139. The van der Waals surface area contributed by atoms with Crippen molar-refractivity contribution in [2.75, 3.05) is 0 Å². The van der Waals surface area contributed by atoms with Crippen LogP contribution in [0.1, 0.15) is 70.6 Å². The van der Waals surface area contributed by atoms with Crippen LogP contribution in [0.2, 0.25) is 0 Å². The molecule has 0 aliphatic heterocycles. The molecule has 1 aromatic carbocycles. The van der Waals surface area contributed by atoms with E-state index in [0.29, 0.717) is 5.92 Å². The molecule has 3 nitrogen and oxygen atoms in total. The third-order valence-corrected chi connectivity index (χ3v) is 9.56. The van der Waals surface area contributed by atoms with Gasteiger partial charge in [-0.1, -0.05) is 43.7 Å². The van der Waals surface area contributed by atoms with Gasteiger partial charge in [0, 0.05) is 24.1 Å². The van der Waals surface area contributed by atoms with Crippen molar-refractivity contribution in [3.05, 3.63) is 53.2 Å². The molecule has 1 aromatic heterocycles. The summed E-state index contributed by atoms with van der Waals surface area (Å²) in [5, 5.41) is 1.28. The largest absolute Gasteiger partial charge is 0.462 e. The van der Waals surface area contributed by atoms with Crippen LogP contribution in [0.4, 0.5) is 0 Å². The first kappa shape index (κ1) is 19.5. The molecule has 2 saturated carbocycles. The molecule has 1 heterocycles. The second kappa shape index (κ2) is 6.67. The lowest BCUT2D eigenvalue weighted by molar-refractivity contribution is -0.148. The number of ether oxygens (including phenoxy) is 1. The van der Waals surface area contributed by atoms with Gasteiger partial charge in [-0.25, -0.2) is 0 Å². The van der Waals surface area contributed by atoms with Crippen LogP contribution < -0.4 is 0 Å². The fourth-order valence-corrected chi connectivity index (χ4v) is 8.00. The molecule has 2 aromatic rings. The van der Waals surface area contributed by atoms with Gasteiger partial charge in [-0.15, -0.1) is 0 Å². The van der Waals surface area contributed by atoms with Crippen LogP contribution in [0, 0.1) is 23.2 Å². The van der Waals surface area contributed by atoms with Crippen LogP contribution in [-0.4, -0.2) is 17.1 Å². The average molecular weight is 416 g/mol. The monoisotopic (exact) mass is 415 g/mol. The number of hydrogen-bond donors (Lipinski definition) is 0. The summed E-state index contributed by atoms with van der Waals surface area (Å²) >= 11 is 0. The van der Waals surface area contributed by atoms with Crippen LogP contribution in [0.25, 0.3) is 10.9 Å². The second-order valence-electron chi connectivity index (χ2n) is 11.1. The molecule has 3 heteroatoms. The Morgan fingerprint density at radius 1 is 1.06 bits per heavy atom. The van der Waals surface area contributed by atoms with Crippen LogP contribution >= 0.6 is 0 Å². The van der Waals surface area contributed by atoms with E-state index < -0.39 is 0 Å². The Morgan fingerprint density at radius 3 is 2.71 bits per heavy atom. The molecular weight excluding hydrogens is 382 g/mol. The standard InChI is InChI=1S/C28H33NO2/c1-17(30)31-21-10-12-27(2)20(16-21)8-9-22-23(27)11-13-28(3)24(22)15-19-14-18-6-4-5-7-25(18)29-26(19)28/h4-8,14,21-24H,9-13,15-16H2,1-3H3/t21-,22?,23?,24?,27-,28-/m0/s1. The molecule has 162 valence electrons. The van der Waals surface area contributed by atoms with Crippen molar-refractivity contribution >= 4 is 16.9 Å². The first-order chi connectivity index (χ1) is 14.9. The fraction of sp³-hybridized carbons (Fsp3) is 0.571. The highest BCUT2D eigenvalue weighted by Crippen LogP contribution is 2.64. The maximum Gasteiger partial charge on any atom is 0.302 e. The van der Waals surface area contributed by atoms with E-state index in [1.165, 1.54) is 49.3 Å². The van der Waals surface area contributed by atoms with Crippen molar-refractivity contribution in [1.29, 1.82) is 0 Å². The number of allylic oxidation sites excluding steroid dienone is 1. The van der Waals surface area contributed by atoms with Crippen molar-refractivity contribution in [3.8, 4) is 0 Å². The Labute approximate surface area is 185 Å². The molecular formula is C28H33NO2. The lowest BCUT2D eigenvalue weighted by atomic mass is 9.48. The summed E-state index contributed by atoms with van der Waals surface area (Å²) in [6, 6.07) is 11.0. The third-order valence-electron chi connectivity index (χ3n) is 9.56. The number of carbonyl (C=O) groups is 1. The Kier molecular flexibility index (Phi) is 4.20. The molecule has 4 aliphatic rings. The van der Waals surface area contributed by atoms with E-state index in [0.717, 1.165) is 36.6 Å². The van der Waals surface area contributed by atoms with Crippen LogP contribution in [-0.2, 0) is 21.4 Å². The molecule has 0 amide bonds. The van der Waals surface area contributed by atoms with Gasteiger partial charge in [0.1, 0.15) is 6.10 Å². The van der Waals surface area contributed by atoms with Gasteiger partial charge in [0.2, 0.25) is 0 Å². The number of fused-ring (bicyclic) bond motifs is 8. The molecule has 4 aliphatic carbocycles. The lowest BCUT2D eigenvalue weighted by Gasteiger charge is -2.57. The van der Waals surface area contributed by atoms with Crippen molar-refractivity contribution in [2.45, 2.75) is 77.2 Å². The Hall–Kier alpha value is -2.16. The van der Waals surface area contributed by atoms with Gasteiger partial charge in [-0.3, -0.25) is 9.78 Å².